The molecule has 1 aromatic heterocycles. The first-order valence-electron chi connectivity index (χ1n) is 10.5. The molecular formula is C21H29N5O3S3. The summed E-state index contributed by atoms with van der Waals surface area (Å²) in [6, 6.07) is -1.24. The first kappa shape index (κ1) is 24.8. The highest BCUT2D eigenvalue weighted by Crippen LogP contribution is 2.32. The van der Waals surface area contributed by atoms with Crippen molar-refractivity contribution in [3.63, 3.8) is 0 Å². The summed E-state index contributed by atoms with van der Waals surface area (Å²) in [7, 11) is 0. The zero-order chi connectivity index (χ0) is 23.3. The van der Waals surface area contributed by atoms with Gasteiger partial charge in [-0.25, -0.2) is 4.98 Å². The van der Waals surface area contributed by atoms with Crippen LogP contribution in [0, 0.1) is 5.92 Å². The first-order chi connectivity index (χ1) is 15.2. The maximum Gasteiger partial charge on any atom is 0.249 e. The third-order valence-electron chi connectivity index (χ3n) is 5.17. The Balaban J connectivity index is 1.92. The number of nitrogens with zero attached hydrogens (tertiary/aromatic N) is 2. The van der Waals surface area contributed by atoms with Crippen LogP contribution in [0.25, 0.3) is 0 Å². The zero-order valence-corrected chi connectivity index (χ0v) is 20.9. The van der Waals surface area contributed by atoms with Gasteiger partial charge in [-0.15, -0.1) is 23.1 Å². The van der Waals surface area contributed by atoms with Crippen LogP contribution in [0.2, 0.25) is 0 Å². The van der Waals surface area contributed by atoms with Crippen molar-refractivity contribution in [2.75, 3.05) is 11.5 Å². The molecule has 1 unspecified atom stereocenters. The van der Waals surface area contributed by atoms with Crippen molar-refractivity contribution in [2.45, 2.75) is 57.8 Å². The van der Waals surface area contributed by atoms with Gasteiger partial charge in [-0.05, 0) is 25.0 Å². The van der Waals surface area contributed by atoms with Gasteiger partial charge in [0, 0.05) is 11.1 Å². The molecule has 32 heavy (non-hydrogen) atoms. The van der Waals surface area contributed by atoms with Crippen LogP contribution in [0.4, 0.5) is 0 Å². The quantitative estimate of drug-likeness (QED) is 0.377. The Morgan fingerprint density at radius 2 is 2.09 bits per heavy atom. The molecule has 174 valence electrons. The van der Waals surface area contributed by atoms with Crippen molar-refractivity contribution in [1.29, 1.82) is 0 Å². The molecule has 0 spiro atoms. The van der Waals surface area contributed by atoms with Gasteiger partial charge in [0.15, 0.2) is 0 Å². The largest absolute Gasteiger partial charge is 0.350 e. The topological polar surface area (TPSA) is 113 Å². The fraction of sp³-hybridized carbons (Fsp3) is 0.571. The van der Waals surface area contributed by atoms with Crippen LogP contribution in [-0.2, 0) is 20.9 Å². The summed E-state index contributed by atoms with van der Waals surface area (Å²) in [6.07, 6.45) is 4.52. The number of thioether (sulfide) groups is 1. The van der Waals surface area contributed by atoms with E-state index in [2.05, 4.69) is 38.6 Å². The Morgan fingerprint density at radius 1 is 1.31 bits per heavy atom. The van der Waals surface area contributed by atoms with E-state index in [1.54, 1.807) is 6.92 Å². The minimum atomic E-state index is -0.978. The number of allylic oxidation sites excluding steroid dienone is 1. The highest BCUT2D eigenvalue weighted by atomic mass is 32.2. The second-order valence-corrected chi connectivity index (χ2v) is 10.7. The fourth-order valence-corrected chi connectivity index (χ4v) is 5.36. The lowest BCUT2D eigenvalue weighted by atomic mass is 9.99. The minimum absolute atomic E-state index is 0.0894. The number of aromatic nitrogens is 1. The van der Waals surface area contributed by atoms with E-state index in [0.29, 0.717) is 28.8 Å². The molecule has 8 nitrogen and oxygen atoms in total. The number of thiazole rings is 1. The standard InChI is InChI=1S/C21H29N5O3S3/c1-12(2)17-18(28)23-13(6-4-5-7-30)8-15(27)22-9-16-24-14(10-31-16)19-26-21(3,11-32-19)20(29)25-17/h4,6,10,12-13,17,30H,5,7-9,11H2,1-3H3,(H,22,27)(H,23,28)(H,25,29)/b6-4+/t13?,17-,21-/m0/s1. The molecule has 0 radical (unpaired) electrons. The lowest BCUT2D eigenvalue weighted by molar-refractivity contribution is -0.132. The van der Waals surface area contributed by atoms with E-state index in [1.165, 1.54) is 23.1 Å². The number of fused-ring (bicyclic) bond motifs is 4. The Labute approximate surface area is 201 Å². The number of thiol groups is 1. The third-order valence-corrected chi connectivity index (χ3v) is 7.56. The molecule has 0 aromatic carbocycles. The number of hydrogen-bond acceptors (Lipinski definition) is 8. The zero-order valence-electron chi connectivity index (χ0n) is 18.4. The van der Waals surface area contributed by atoms with Gasteiger partial charge in [0.2, 0.25) is 17.7 Å². The Kier molecular flexibility index (Phi) is 8.40. The predicted molar refractivity (Wildman–Crippen MR) is 132 cm³/mol. The van der Waals surface area contributed by atoms with E-state index in [0.717, 1.165) is 11.4 Å². The normalized spacial score (nSPS) is 27.3. The number of carbonyl (C=O) groups is 3. The SMILES string of the molecule is CC(C)[C@@H]1NC(=O)[C@]2(C)CSC(=N2)c2csc(n2)CNC(=O)CC(/C=C/CCS)NC1=O. The van der Waals surface area contributed by atoms with Crippen LogP contribution in [0.1, 0.15) is 44.3 Å². The average molecular weight is 496 g/mol. The van der Waals surface area contributed by atoms with Gasteiger partial charge in [-0.2, -0.15) is 12.6 Å². The van der Waals surface area contributed by atoms with Gasteiger partial charge in [0.05, 0.1) is 19.0 Å². The molecule has 2 aliphatic rings. The molecule has 3 amide bonds. The van der Waals surface area contributed by atoms with Crippen LogP contribution < -0.4 is 16.0 Å². The Bertz CT molecular complexity index is 930. The predicted octanol–water partition coefficient (Wildman–Crippen LogP) is 1.92. The molecular weight excluding hydrogens is 466 g/mol. The molecule has 11 heteroatoms. The molecule has 0 fully saturated rings. The van der Waals surface area contributed by atoms with Gasteiger partial charge in [-0.1, -0.05) is 26.0 Å². The summed E-state index contributed by atoms with van der Waals surface area (Å²) in [5, 5.41) is 12.0. The van der Waals surface area contributed by atoms with Crippen molar-refractivity contribution in [2.24, 2.45) is 10.9 Å². The van der Waals surface area contributed by atoms with E-state index in [4.69, 9.17) is 0 Å². The number of carbonyl (C=O) groups excluding carboxylic acids is 3. The van der Waals surface area contributed by atoms with Crippen molar-refractivity contribution >= 4 is 58.5 Å². The van der Waals surface area contributed by atoms with Gasteiger partial charge >= 0.3 is 0 Å². The molecule has 3 heterocycles. The number of nitrogens with one attached hydrogen (secondary N) is 3. The molecule has 3 rings (SSSR count). The highest BCUT2D eigenvalue weighted by molar-refractivity contribution is 8.14. The molecule has 4 bridgehead atoms. The third kappa shape index (κ3) is 6.14. The number of aliphatic imine (C=N–C) groups is 1. The Morgan fingerprint density at radius 3 is 2.81 bits per heavy atom. The molecule has 2 aliphatic heterocycles. The van der Waals surface area contributed by atoms with E-state index in [1.807, 2.05) is 31.4 Å². The molecule has 3 atom stereocenters. The lowest BCUT2D eigenvalue weighted by Crippen LogP contribution is -2.56. The molecule has 3 N–H and O–H groups in total. The van der Waals surface area contributed by atoms with Crippen LogP contribution in [0.5, 0.6) is 0 Å². The summed E-state index contributed by atoms with van der Waals surface area (Å²) in [6.45, 7) is 5.82. The highest BCUT2D eigenvalue weighted by Gasteiger charge is 2.41. The fourth-order valence-electron chi connectivity index (χ4n) is 3.29. The van der Waals surface area contributed by atoms with Crippen molar-refractivity contribution in [3.05, 3.63) is 28.2 Å². The van der Waals surface area contributed by atoms with E-state index in [-0.39, 0.29) is 30.1 Å². The monoisotopic (exact) mass is 495 g/mol. The first-order valence-corrected chi connectivity index (χ1v) is 13.0. The number of hydrogen-bond donors (Lipinski definition) is 4. The number of rotatable bonds is 4. The Hall–Kier alpha value is -1.85. The second-order valence-electron chi connectivity index (χ2n) is 8.34. The van der Waals surface area contributed by atoms with Crippen molar-refractivity contribution in [1.82, 2.24) is 20.9 Å². The van der Waals surface area contributed by atoms with Gasteiger partial charge in [0.25, 0.3) is 0 Å². The summed E-state index contributed by atoms with van der Waals surface area (Å²) < 4.78 is 0. The molecule has 0 aliphatic carbocycles. The smallest absolute Gasteiger partial charge is 0.249 e. The minimum Gasteiger partial charge on any atom is -0.350 e. The van der Waals surface area contributed by atoms with Crippen LogP contribution in [-0.4, -0.2) is 56.9 Å². The molecule has 0 saturated heterocycles. The van der Waals surface area contributed by atoms with E-state index >= 15 is 0 Å². The average Bonchev–Trinajstić information content (AvgIpc) is 3.37. The van der Waals surface area contributed by atoms with E-state index < -0.39 is 17.6 Å². The van der Waals surface area contributed by atoms with Gasteiger partial charge < -0.3 is 16.0 Å². The van der Waals surface area contributed by atoms with Crippen LogP contribution in [0.3, 0.4) is 0 Å². The number of amides is 3. The summed E-state index contributed by atoms with van der Waals surface area (Å²) >= 11 is 7.11. The van der Waals surface area contributed by atoms with Crippen molar-refractivity contribution < 1.29 is 14.4 Å². The molecule has 0 saturated carbocycles. The maximum absolute atomic E-state index is 13.1. The summed E-state index contributed by atoms with van der Waals surface area (Å²) in [5.74, 6) is 0.181. The summed E-state index contributed by atoms with van der Waals surface area (Å²) in [5.41, 5.74) is -0.271. The van der Waals surface area contributed by atoms with Crippen LogP contribution >= 0.6 is 35.7 Å². The summed E-state index contributed by atoms with van der Waals surface area (Å²) in [4.78, 5) is 48.0. The molecule has 1 aromatic rings. The van der Waals surface area contributed by atoms with Crippen LogP contribution in [0.15, 0.2) is 22.5 Å². The van der Waals surface area contributed by atoms with E-state index in [9.17, 15) is 14.4 Å². The van der Waals surface area contributed by atoms with Gasteiger partial charge in [-0.3, -0.25) is 19.4 Å². The maximum atomic E-state index is 13.1. The van der Waals surface area contributed by atoms with Crippen molar-refractivity contribution in [3.8, 4) is 0 Å². The second kappa shape index (κ2) is 10.8. The van der Waals surface area contributed by atoms with Gasteiger partial charge in [0.1, 0.15) is 27.3 Å². The lowest BCUT2D eigenvalue weighted by Gasteiger charge is -2.27.